The molecule has 21 heavy (non-hydrogen) atoms. The van der Waals surface area contributed by atoms with Gasteiger partial charge in [0.25, 0.3) is 10.2 Å². The summed E-state index contributed by atoms with van der Waals surface area (Å²) in [6.45, 7) is 6.18. The van der Waals surface area contributed by atoms with Crippen molar-refractivity contribution in [2.24, 2.45) is 5.92 Å². The van der Waals surface area contributed by atoms with E-state index in [0.29, 0.717) is 25.0 Å². The lowest BCUT2D eigenvalue weighted by Crippen LogP contribution is -2.50. The summed E-state index contributed by atoms with van der Waals surface area (Å²) in [4.78, 5) is 0. The third kappa shape index (κ3) is 5.49. The van der Waals surface area contributed by atoms with Crippen LogP contribution in [0.25, 0.3) is 0 Å². The average molecular weight is 319 g/mol. The van der Waals surface area contributed by atoms with E-state index in [9.17, 15) is 8.42 Å². The molecule has 1 saturated heterocycles. The molecule has 0 aromatic carbocycles. The van der Waals surface area contributed by atoms with E-state index in [1.54, 1.807) is 11.4 Å². The van der Waals surface area contributed by atoms with Crippen molar-refractivity contribution in [1.29, 1.82) is 0 Å². The first kappa shape index (κ1) is 17.1. The van der Waals surface area contributed by atoms with E-state index in [0.717, 1.165) is 19.4 Å². The van der Waals surface area contributed by atoms with E-state index in [-0.39, 0.29) is 6.54 Å². The van der Waals surface area contributed by atoms with E-state index < -0.39 is 15.8 Å². The van der Waals surface area contributed by atoms with E-state index in [4.69, 9.17) is 4.74 Å². The first-order valence-corrected chi connectivity index (χ1v) is 9.30. The summed E-state index contributed by atoms with van der Waals surface area (Å²) in [5, 5.41) is 3.50. The standard InChI is InChI=1S/C14H29N3O3S/c1-14(2,20-3)11-16-21(18,19)17-8-4-5-12(10-17)9-15-13-6-7-13/h12-13,15-16H,4-11H2,1-3H3. The van der Waals surface area contributed by atoms with Gasteiger partial charge in [0.05, 0.1) is 5.60 Å². The van der Waals surface area contributed by atoms with Crippen LogP contribution in [-0.2, 0) is 14.9 Å². The Morgan fingerprint density at radius 1 is 1.29 bits per heavy atom. The molecule has 7 heteroatoms. The number of hydrogen-bond acceptors (Lipinski definition) is 4. The molecule has 124 valence electrons. The Labute approximate surface area is 128 Å². The number of hydrogen-bond donors (Lipinski definition) is 2. The first-order chi connectivity index (χ1) is 9.82. The molecular weight excluding hydrogens is 290 g/mol. The van der Waals surface area contributed by atoms with Gasteiger partial charge in [-0.25, -0.2) is 0 Å². The summed E-state index contributed by atoms with van der Waals surface area (Å²) in [5.41, 5.74) is -0.490. The largest absolute Gasteiger partial charge is 0.377 e. The second kappa shape index (κ2) is 6.91. The van der Waals surface area contributed by atoms with Crippen LogP contribution >= 0.6 is 0 Å². The summed E-state index contributed by atoms with van der Waals surface area (Å²) in [6.07, 6.45) is 4.58. The number of ether oxygens (including phenoxy) is 1. The predicted molar refractivity (Wildman–Crippen MR) is 83.3 cm³/mol. The van der Waals surface area contributed by atoms with Gasteiger partial charge in [0.1, 0.15) is 0 Å². The zero-order valence-electron chi connectivity index (χ0n) is 13.4. The van der Waals surface area contributed by atoms with Crippen molar-refractivity contribution in [1.82, 2.24) is 14.3 Å². The maximum Gasteiger partial charge on any atom is 0.279 e. The van der Waals surface area contributed by atoms with Crippen LogP contribution in [0.1, 0.15) is 39.5 Å². The molecule has 1 aliphatic heterocycles. The Hall–Kier alpha value is -0.210. The number of piperidine rings is 1. The molecule has 0 spiro atoms. The minimum absolute atomic E-state index is 0.285. The summed E-state index contributed by atoms with van der Waals surface area (Å²) in [6, 6.07) is 0.678. The molecule has 6 nitrogen and oxygen atoms in total. The normalized spacial score (nSPS) is 25.2. The zero-order chi connectivity index (χ0) is 15.5. The first-order valence-electron chi connectivity index (χ1n) is 7.86. The van der Waals surface area contributed by atoms with Crippen LogP contribution in [0.2, 0.25) is 0 Å². The molecule has 1 heterocycles. The van der Waals surface area contributed by atoms with Crippen LogP contribution in [0.15, 0.2) is 0 Å². The van der Waals surface area contributed by atoms with Crippen molar-refractivity contribution in [3.05, 3.63) is 0 Å². The van der Waals surface area contributed by atoms with Gasteiger partial charge in [-0.05, 0) is 52.0 Å². The molecular formula is C14H29N3O3S. The van der Waals surface area contributed by atoms with E-state index in [2.05, 4.69) is 10.0 Å². The van der Waals surface area contributed by atoms with E-state index in [1.165, 1.54) is 12.8 Å². The van der Waals surface area contributed by atoms with E-state index >= 15 is 0 Å². The third-order valence-corrected chi connectivity index (χ3v) is 5.85. The highest BCUT2D eigenvalue weighted by atomic mass is 32.2. The Kier molecular flexibility index (Phi) is 5.65. The molecule has 1 atom stereocenters. The fourth-order valence-corrected chi connectivity index (χ4v) is 3.95. The monoisotopic (exact) mass is 319 g/mol. The van der Waals surface area contributed by atoms with Crippen LogP contribution in [0.4, 0.5) is 0 Å². The number of methoxy groups -OCH3 is 1. The summed E-state index contributed by atoms with van der Waals surface area (Å²) in [5.74, 6) is 0.423. The highest BCUT2D eigenvalue weighted by molar-refractivity contribution is 7.87. The van der Waals surface area contributed by atoms with Crippen molar-refractivity contribution >= 4 is 10.2 Å². The van der Waals surface area contributed by atoms with E-state index in [1.807, 2.05) is 13.8 Å². The molecule has 0 radical (unpaired) electrons. The second-order valence-corrected chi connectivity index (χ2v) is 8.59. The van der Waals surface area contributed by atoms with Gasteiger partial charge in [-0.3, -0.25) is 0 Å². The van der Waals surface area contributed by atoms with Gasteiger partial charge in [0.15, 0.2) is 0 Å². The van der Waals surface area contributed by atoms with Crippen LogP contribution in [-0.4, -0.2) is 57.7 Å². The minimum atomic E-state index is -3.41. The van der Waals surface area contributed by atoms with Crippen LogP contribution in [0, 0.1) is 5.92 Å². The highest BCUT2D eigenvalue weighted by Gasteiger charge is 2.31. The Morgan fingerprint density at radius 3 is 2.62 bits per heavy atom. The van der Waals surface area contributed by atoms with Crippen LogP contribution < -0.4 is 10.0 Å². The van der Waals surface area contributed by atoms with Crippen molar-refractivity contribution in [2.45, 2.75) is 51.2 Å². The maximum absolute atomic E-state index is 12.4. The molecule has 1 aliphatic carbocycles. The lowest BCUT2D eigenvalue weighted by molar-refractivity contribution is 0.0272. The van der Waals surface area contributed by atoms with Crippen molar-refractivity contribution in [3.63, 3.8) is 0 Å². The second-order valence-electron chi connectivity index (χ2n) is 6.84. The predicted octanol–water partition coefficient (Wildman–Crippen LogP) is 0.710. The third-order valence-electron chi connectivity index (χ3n) is 4.33. The Balaban J connectivity index is 1.83. The maximum atomic E-state index is 12.4. The van der Waals surface area contributed by atoms with Gasteiger partial charge >= 0.3 is 0 Å². The lowest BCUT2D eigenvalue weighted by Gasteiger charge is -2.33. The molecule has 1 saturated carbocycles. The fraction of sp³-hybridized carbons (Fsp3) is 1.00. The number of nitrogens with zero attached hydrogens (tertiary/aromatic N) is 1. The molecule has 0 aromatic rings. The summed E-state index contributed by atoms with van der Waals surface area (Å²) in [7, 11) is -1.81. The minimum Gasteiger partial charge on any atom is -0.377 e. The van der Waals surface area contributed by atoms with Gasteiger partial charge in [-0.15, -0.1) is 0 Å². The topological polar surface area (TPSA) is 70.7 Å². The molecule has 2 fully saturated rings. The SMILES string of the molecule is COC(C)(C)CNS(=O)(=O)N1CCCC(CNC2CC2)C1. The van der Waals surface area contributed by atoms with Gasteiger partial charge in [0.2, 0.25) is 0 Å². The zero-order valence-corrected chi connectivity index (χ0v) is 14.2. The number of nitrogens with one attached hydrogen (secondary N) is 2. The quantitative estimate of drug-likeness (QED) is 0.691. The average Bonchev–Trinajstić information content (AvgIpc) is 3.28. The van der Waals surface area contributed by atoms with Gasteiger partial charge < -0.3 is 10.1 Å². The van der Waals surface area contributed by atoms with Crippen molar-refractivity contribution in [2.75, 3.05) is 33.3 Å². The van der Waals surface area contributed by atoms with Gasteiger partial charge in [-0.2, -0.15) is 17.4 Å². The number of rotatable bonds is 8. The van der Waals surface area contributed by atoms with Crippen molar-refractivity contribution < 1.29 is 13.2 Å². The molecule has 2 aliphatic rings. The molecule has 0 bridgehead atoms. The van der Waals surface area contributed by atoms with Gasteiger partial charge in [0, 0.05) is 32.8 Å². The van der Waals surface area contributed by atoms with Crippen molar-refractivity contribution in [3.8, 4) is 0 Å². The summed E-state index contributed by atoms with van der Waals surface area (Å²) < 4.78 is 34.3. The summed E-state index contributed by atoms with van der Waals surface area (Å²) >= 11 is 0. The smallest absolute Gasteiger partial charge is 0.279 e. The molecule has 1 unspecified atom stereocenters. The Bertz CT molecular complexity index is 435. The molecule has 0 amide bonds. The molecule has 0 aromatic heterocycles. The molecule has 2 rings (SSSR count). The molecule has 2 N–H and O–H groups in total. The van der Waals surface area contributed by atoms with Gasteiger partial charge in [-0.1, -0.05) is 0 Å². The van der Waals surface area contributed by atoms with Crippen LogP contribution in [0.5, 0.6) is 0 Å². The lowest BCUT2D eigenvalue weighted by atomic mass is 10.00. The Morgan fingerprint density at radius 2 is 2.00 bits per heavy atom. The van der Waals surface area contributed by atoms with Crippen LogP contribution in [0.3, 0.4) is 0 Å². The highest BCUT2D eigenvalue weighted by Crippen LogP contribution is 2.22. The fourth-order valence-electron chi connectivity index (χ4n) is 2.46.